The lowest BCUT2D eigenvalue weighted by atomic mass is 10.1. The van der Waals surface area contributed by atoms with E-state index in [0.29, 0.717) is 11.3 Å². The Morgan fingerprint density at radius 2 is 1.55 bits per heavy atom. The average Bonchev–Trinajstić information content (AvgIpc) is 2.72. The molecule has 3 rings (SSSR count). The van der Waals surface area contributed by atoms with Gasteiger partial charge in [0.25, 0.3) is 0 Å². The molecule has 0 spiro atoms. The number of carbonyl (C=O) groups excluding carboxylic acids is 1. The molecule has 0 bridgehead atoms. The van der Waals surface area contributed by atoms with Gasteiger partial charge < -0.3 is 4.74 Å². The summed E-state index contributed by atoms with van der Waals surface area (Å²) in [7, 11) is 0. The zero-order chi connectivity index (χ0) is 20.9. The minimum atomic E-state index is -4.45. The first-order valence-electron chi connectivity index (χ1n) is 8.39. The summed E-state index contributed by atoms with van der Waals surface area (Å²) in [6, 6.07) is 19.1. The standard InChI is InChI=1S/C22H13F3N2O2/c23-22(24,25)18-7-11-20(12-8-18)29-21(28)17-5-9-19(10-6-17)27-14-16-3-1-15(13-26)2-4-16/h1-12,14H. The molecule has 0 radical (unpaired) electrons. The summed E-state index contributed by atoms with van der Waals surface area (Å²) in [4.78, 5) is 16.4. The number of rotatable bonds is 4. The maximum atomic E-state index is 12.6. The van der Waals surface area contributed by atoms with Crippen LogP contribution in [0.25, 0.3) is 0 Å². The highest BCUT2D eigenvalue weighted by atomic mass is 19.4. The fourth-order valence-electron chi connectivity index (χ4n) is 2.35. The van der Waals surface area contributed by atoms with Crippen LogP contribution in [-0.4, -0.2) is 12.2 Å². The number of alkyl halides is 3. The number of hydrogen-bond donors (Lipinski definition) is 0. The second-order valence-electron chi connectivity index (χ2n) is 5.95. The lowest BCUT2D eigenvalue weighted by molar-refractivity contribution is -0.137. The van der Waals surface area contributed by atoms with E-state index in [9.17, 15) is 18.0 Å². The Hall–Kier alpha value is -3.92. The SMILES string of the molecule is N#Cc1ccc(C=Nc2ccc(C(=O)Oc3ccc(C(F)(F)F)cc3)cc2)cc1. The van der Waals surface area contributed by atoms with E-state index >= 15 is 0 Å². The number of nitriles is 1. The fourth-order valence-corrected chi connectivity index (χ4v) is 2.35. The van der Waals surface area contributed by atoms with E-state index in [1.165, 1.54) is 12.1 Å². The first-order valence-corrected chi connectivity index (χ1v) is 8.39. The number of aliphatic imine (C=N–C) groups is 1. The van der Waals surface area contributed by atoms with E-state index in [4.69, 9.17) is 10.00 Å². The van der Waals surface area contributed by atoms with Gasteiger partial charge in [-0.1, -0.05) is 12.1 Å². The number of esters is 1. The molecule has 0 aliphatic rings. The van der Waals surface area contributed by atoms with Crippen molar-refractivity contribution in [2.45, 2.75) is 6.18 Å². The topological polar surface area (TPSA) is 62.5 Å². The first kappa shape index (κ1) is 19.8. The van der Waals surface area contributed by atoms with Gasteiger partial charge in [-0.25, -0.2) is 4.79 Å². The molecule has 7 heteroatoms. The summed E-state index contributed by atoms with van der Waals surface area (Å²) >= 11 is 0. The quantitative estimate of drug-likeness (QED) is 0.331. The van der Waals surface area contributed by atoms with Crippen LogP contribution in [0.15, 0.2) is 77.8 Å². The van der Waals surface area contributed by atoms with Gasteiger partial charge in [0.1, 0.15) is 5.75 Å². The highest BCUT2D eigenvalue weighted by Gasteiger charge is 2.30. The highest BCUT2D eigenvalue weighted by Crippen LogP contribution is 2.30. The Bertz CT molecular complexity index is 1060. The third-order valence-corrected chi connectivity index (χ3v) is 3.90. The molecule has 3 aromatic rings. The van der Waals surface area contributed by atoms with Crippen molar-refractivity contribution in [2.75, 3.05) is 0 Å². The maximum Gasteiger partial charge on any atom is 0.416 e. The molecule has 0 heterocycles. The van der Waals surface area contributed by atoms with Gasteiger partial charge in [-0.2, -0.15) is 18.4 Å². The van der Waals surface area contributed by atoms with E-state index in [2.05, 4.69) is 4.99 Å². The summed E-state index contributed by atoms with van der Waals surface area (Å²) in [5.41, 5.74) is 1.39. The van der Waals surface area contributed by atoms with Gasteiger partial charge in [-0.05, 0) is 66.2 Å². The summed E-state index contributed by atoms with van der Waals surface area (Å²) in [5.74, 6) is -0.668. The molecular weight excluding hydrogens is 381 g/mol. The molecule has 0 unspecified atom stereocenters. The molecule has 0 amide bonds. The Balaban J connectivity index is 1.63. The van der Waals surface area contributed by atoms with Crippen molar-refractivity contribution in [1.29, 1.82) is 5.26 Å². The van der Waals surface area contributed by atoms with E-state index in [1.807, 2.05) is 6.07 Å². The van der Waals surface area contributed by atoms with Crippen LogP contribution in [0.4, 0.5) is 18.9 Å². The molecule has 3 aromatic carbocycles. The zero-order valence-corrected chi connectivity index (χ0v) is 14.9. The molecule has 29 heavy (non-hydrogen) atoms. The van der Waals surface area contributed by atoms with Crippen LogP contribution in [0, 0.1) is 11.3 Å². The first-order chi connectivity index (χ1) is 13.8. The van der Waals surface area contributed by atoms with Crippen molar-refractivity contribution >= 4 is 17.9 Å². The lowest BCUT2D eigenvalue weighted by Gasteiger charge is -2.08. The molecule has 0 aliphatic heterocycles. The van der Waals surface area contributed by atoms with Crippen molar-refractivity contribution in [2.24, 2.45) is 4.99 Å². The van der Waals surface area contributed by atoms with Crippen LogP contribution in [0.2, 0.25) is 0 Å². The van der Waals surface area contributed by atoms with Gasteiger partial charge in [-0.15, -0.1) is 0 Å². The van der Waals surface area contributed by atoms with Gasteiger partial charge in [0.2, 0.25) is 0 Å². The minimum Gasteiger partial charge on any atom is -0.423 e. The van der Waals surface area contributed by atoms with Crippen molar-refractivity contribution in [1.82, 2.24) is 0 Å². The summed E-state index contributed by atoms with van der Waals surface area (Å²) in [5, 5.41) is 8.78. The monoisotopic (exact) mass is 394 g/mol. The van der Waals surface area contributed by atoms with Crippen LogP contribution < -0.4 is 4.74 Å². The third kappa shape index (κ3) is 5.30. The van der Waals surface area contributed by atoms with Gasteiger partial charge in [-0.3, -0.25) is 4.99 Å². The van der Waals surface area contributed by atoms with E-state index in [1.54, 1.807) is 42.6 Å². The molecule has 144 valence electrons. The number of halogens is 3. The highest BCUT2D eigenvalue weighted by molar-refractivity contribution is 5.91. The Labute approximate surface area is 164 Å². The largest absolute Gasteiger partial charge is 0.423 e. The van der Waals surface area contributed by atoms with E-state index in [0.717, 1.165) is 29.8 Å². The summed E-state index contributed by atoms with van der Waals surface area (Å²) < 4.78 is 42.8. The fraction of sp³-hybridized carbons (Fsp3) is 0.0455. The summed E-state index contributed by atoms with van der Waals surface area (Å²) in [6.07, 6.45) is -2.83. The number of hydrogen-bond acceptors (Lipinski definition) is 4. The molecule has 0 saturated carbocycles. The van der Waals surface area contributed by atoms with E-state index in [-0.39, 0.29) is 11.3 Å². The van der Waals surface area contributed by atoms with Crippen molar-refractivity contribution in [3.05, 3.63) is 95.1 Å². The molecule has 0 aliphatic carbocycles. The van der Waals surface area contributed by atoms with Crippen LogP contribution in [0.1, 0.15) is 27.0 Å². The smallest absolute Gasteiger partial charge is 0.416 e. The molecule has 0 atom stereocenters. The van der Waals surface area contributed by atoms with E-state index < -0.39 is 17.7 Å². The number of ether oxygens (including phenoxy) is 1. The van der Waals surface area contributed by atoms with Crippen molar-refractivity contribution in [3.8, 4) is 11.8 Å². The maximum absolute atomic E-state index is 12.6. The minimum absolute atomic E-state index is 0.0194. The van der Waals surface area contributed by atoms with Crippen molar-refractivity contribution < 1.29 is 22.7 Å². The van der Waals surface area contributed by atoms with Gasteiger partial charge in [0.05, 0.1) is 28.4 Å². The normalized spacial score (nSPS) is 11.2. The Morgan fingerprint density at radius 1 is 0.931 bits per heavy atom. The predicted octanol–water partition coefficient (Wildman–Crippen LogP) is 5.55. The van der Waals surface area contributed by atoms with Crippen molar-refractivity contribution in [3.63, 3.8) is 0 Å². The lowest BCUT2D eigenvalue weighted by Crippen LogP contribution is -2.09. The summed E-state index contributed by atoms with van der Waals surface area (Å²) in [6.45, 7) is 0. The molecular formula is C22H13F3N2O2. The van der Waals surface area contributed by atoms with Gasteiger partial charge in [0.15, 0.2) is 0 Å². The third-order valence-electron chi connectivity index (χ3n) is 3.90. The second kappa shape index (κ2) is 8.40. The number of carbonyl (C=O) groups is 1. The molecule has 0 N–H and O–H groups in total. The van der Waals surface area contributed by atoms with Crippen LogP contribution in [0.3, 0.4) is 0 Å². The molecule has 0 aromatic heterocycles. The number of benzene rings is 3. The average molecular weight is 394 g/mol. The van der Waals surface area contributed by atoms with Crippen LogP contribution in [0.5, 0.6) is 5.75 Å². The predicted molar refractivity (Wildman–Crippen MR) is 101 cm³/mol. The molecule has 4 nitrogen and oxygen atoms in total. The van der Waals surface area contributed by atoms with Gasteiger partial charge >= 0.3 is 12.1 Å². The number of nitrogens with zero attached hydrogens (tertiary/aromatic N) is 2. The van der Waals surface area contributed by atoms with Gasteiger partial charge in [0, 0.05) is 6.21 Å². The molecule has 0 fully saturated rings. The van der Waals surface area contributed by atoms with Crippen LogP contribution >= 0.6 is 0 Å². The Kier molecular flexibility index (Phi) is 5.74. The van der Waals surface area contributed by atoms with Crippen LogP contribution in [-0.2, 0) is 6.18 Å². The zero-order valence-electron chi connectivity index (χ0n) is 14.9. The molecule has 0 saturated heterocycles. The second-order valence-corrected chi connectivity index (χ2v) is 5.95. The Morgan fingerprint density at radius 3 is 2.10 bits per heavy atom.